The first-order chi connectivity index (χ1) is 11.3. The Morgan fingerprint density at radius 1 is 0.917 bits per heavy atom. The van der Waals surface area contributed by atoms with Gasteiger partial charge in [-0.2, -0.15) is 17.6 Å². The minimum Gasteiger partial charge on any atom is -0.507 e. The maximum absolute atomic E-state index is 13.8. The highest BCUT2D eigenvalue weighted by atomic mass is 19.2. The summed E-state index contributed by atoms with van der Waals surface area (Å²) in [6.07, 6.45) is 1.59. The normalized spacial score (nSPS) is 10.4. The summed E-state index contributed by atoms with van der Waals surface area (Å²) >= 11 is 0. The van der Waals surface area contributed by atoms with Crippen molar-refractivity contribution in [2.24, 2.45) is 0 Å². The van der Waals surface area contributed by atoms with Crippen molar-refractivity contribution >= 4 is 13.4 Å². The second kappa shape index (κ2) is 7.37. The molecule has 0 spiro atoms. The van der Waals surface area contributed by atoms with Gasteiger partial charge in [0.05, 0.1) is 0 Å². The Morgan fingerprint density at radius 2 is 1.42 bits per heavy atom. The Bertz CT molecular complexity index is 721. The Hall–Kier alpha value is -2.52. The van der Waals surface area contributed by atoms with Gasteiger partial charge in [0.1, 0.15) is 6.61 Å². The Kier molecular flexibility index (Phi) is 5.48. The average Bonchev–Trinajstić information content (AvgIpc) is 2.57. The highest BCUT2D eigenvalue weighted by Gasteiger charge is 2.30. The van der Waals surface area contributed by atoms with Gasteiger partial charge >= 0.3 is 7.32 Å². The molecule has 0 radical (unpaired) electrons. The second-order valence-corrected chi connectivity index (χ2v) is 4.59. The van der Waals surface area contributed by atoms with E-state index in [1.54, 1.807) is 30.3 Å². The molecule has 2 aromatic rings. The first kappa shape index (κ1) is 17.8. The molecule has 0 heterocycles. The molecule has 2 aromatic carbocycles. The highest BCUT2D eigenvalue weighted by molar-refractivity contribution is 6.33. The minimum absolute atomic E-state index is 0.354. The number of halogens is 4. The van der Waals surface area contributed by atoms with E-state index in [1.807, 2.05) is 0 Å². The molecule has 9 heteroatoms. The van der Waals surface area contributed by atoms with Gasteiger partial charge in [-0.15, -0.1) is 0 Å². The van der Waals surface area contributed by atoms with Crippen LogP contribution in [0.3, 0.4) is 0 Å². The van der Waals surface area contributed by atoms with E-state index in [2.05, 4.69) is 11.2 Å². The van der Waals surface area contributed by atoms with Crippen LogP contribution in [0.25, 0.3) is 6.08 Å². The van der Waals surface area contributed by atoms with E-state index in [4.69, 9.17) is 14.8 Å². The average molecular weight is 342 g/mol. The highest BCUT2D eigenvalue weighted by Crippen LogP contribution is 2.35. The molecule has 0 saturated carbocycles. The molecule has 0 unspecified atom stereocenters. The van der Waals surface area contributed by atoms with E-state index in [0.717, 1.165) is 5.56 Å². The fourth-order valence-electron chi connectivity index (χ4n) is 1.83. The standard InChI is InChI=1S/C15H11BF4O4/c1-2-8-3-5-9(6-4-8)7-23-14-10(17)12(19)15(24-16(21)22)13(20)11(14)18/h2-6,21-22H,1,7H2. The van der Waals surface area contributed by atoms with Crippen molar-refractivity contribution in [2.45, 2.75) is 6.61 Å². The predicted molar refractivity (Wildman–Crippen MR) is 78.0 cm³/mol. The van der Waals surface area contributed by atoms with Crippen molar-refractivity contribution in [1.29, 1.82) is 0 Å². The molecule has 0 aromatic heterocycles. The molecule has 0 aliphatic heterocycles. The third-order valence-electron chi connectivity index (χ3n) is 3.00. The Balaban J connectivity index is 2.28. The molecule has 2 N–H and O–H groups in total. The van der Waals surface area contributed by atoms with Crippen molar-refractivity contribution in [1.82, 2.24) is 0 Å². The van der Waals surface area contributed by atoms with Crippen molar-refractivity contribution in [3.63, 3.8) is 0 Å². The van der Waals surface area contributed by atoms with Crippen LogP contribution in [-0.4, -0.2) is 17.4 Å². The van der Waals surface area contributed by atoms with Gasteiger partial charge in [-0.25, -0.2) is 0 Å². The number of rotatable bonds is 6. The topological polar surface area (TPSA) is 58.9 Å². The maximum Gasteiger partial charge on any atom is 0.707 e. The van der Waals surface area contributed by atoms with Gasteiger partial charge in [0.2, 0.25) is 23.3 Å². The van der Waals surface area contributed by atoms with Crippen LogP contribution >= 0.6 is 0 Å². The fourth-order valence-corrected chi connectivity index (χ4v) is 1.83. The molecule has 0 saturated heterocycles. The molecule has 2 rings (SSSR count). The summed E-state index contributed by atoms with van der Waals surface area (Å²) < 4.78 is 63.7. The van der Waals surface area contributed by atoms with Gasteiger partial charge in [-0.3, -0.25) is 0 Å². The van der Waals surface area contributed by atoms with Crippen LogP contribution in [0.2, 0.25) is 0 Å². The molecule has 0 bridgehead atoms. The number of hydrogen-bond acceptors (Lipinski definition) is 4. The summed E-state index contributed by atoms with van der Waals surface area (Å²) in [5.74, 6) is -10.5. The molecular formula is C15H11BF4O4. The van der Waals surface area contributed by atoms with Crippen molar-refractivity contribution in [3.05, 3.63) is 65.2 Å². The van der Waals surface area contributed by atoms with Crippen molar-refractivity contribution in [2.75, 3.05) is 0 Å². The zero-order valence-corrected chi connectivity index (χ0v) is 12.1. The van der Waals surface area contributed by atoms with Crippen LogP contribution in [0.5, 0.6) is 11.5 Å². The number of benzene rings is 2. The molecule has 0 aliphatic rings. The largest absolute Gasteiger partial charge is 0.707 e. The van der Waals surface area contributed by atoms with Gasteiger partial charge < -0.3 is 19.4 Å². The van der Waals surface area contributed by atoms with Gasteiger partial charge in [0, 0.05) is 0 Å². The maximum atomic E-state index is 13.8. The number of ether oxygens (including phenoxy) is 1. The number of hydrogen-bond donors (Lipinski definition) is 2. The van der Waals surface area contributed by atoms with Crippen LogP contribution in [0, 0.1) is 23.3 Å². The third kappa shape index (κ3) is 3.69. The smallest absolute Gasteiger partial charge is 0.507 e. The summed E-state index contributed by atoms with van der Waals surface area (Å²) in [4.78, 5) is 0. The summed E-state index contributed by atoms with van der Waals surface area (Å²) in [7, 11) is -2.65. The summed E-state index contributed by atoms with van der Waals surface area (Å²) in [6, 6.07) is 6.50. The van der Waals surface area contributed by atoms with E-state index < -0.39 is 42.1 Å². The van der Waals surface area contributed by atoms with Crippen LogP contribution < -0.4 is 9.39 Å². The van der Waals surface area contributed by atoms with Crippen LogP contribution in [0.15, 0.2) is 30.8 Å². The first-order valence-corrected chi connectivity index (χ1v) is 6.58. The van der Waals surface area contributed by atoms with E-state index in [0.29, 0.717) is 5.56 Å². The van der Waals surface area contributed by atoms with Crippen LogP contribution in [0.4, 0.5) is 17.6 Å². The molecule has 0 fully saturated rings. The zero-order valence-electron chi connectivity index (χ0n) is 12.1. The van der Waals surface area contributed by atoms with Gasteiger partial charge in [-0.1, -0.05) is 36.9 Å². The summed E-state index contributed by atoms with van der Waals surface area (Å²) in [5, 5.41) is 17.0. The Labute approximate surface area is 134 Å². The van der Waals surface area contributed by atoms with Gasteiger partial charge in [0.25, 0.3) is 0 Å². The van der Waals surface area contributed by atoms with E-state index >= 15 is 0 Å². The van der Waals surface area contributed by atoms with Crippen molar-refractivity contribution in [3.8, 4) is 11.5 Å². The molecule has 126 valence electrons. The third-order valence-corrected chi connectivity index (χ3v) is 3.00. The molecular weight excluding hydrogens is 331 g/mol. The minimum atomic E-state index is -2.65. The zero-order chi connectivity index (χ0) is 17.9. The second-order valence-electron chi connectivity index (χ2n) is 4.59. The lowest BCUT2D eigenvalue weighted by molar-refractivity contribution is 0.243. The van der Waals surface area contributed by atoms with Gasteiger partial charge in [0.15, 0.2) is 11.5 Å². The van der Waals surface area contributed by atoms with Crippen molar-refractivity contribution < 1.29 is 37.0 Å². The fraction of sp³-hybridized carbons (Fsp3) is 0.0667. The molecule has 4 nitrogen and oxygen atoms in total. The SMILES string of the molecule is C=Cc1ccc(COc2c(F)c(F)c(OB(O)O)c(F)c2F)cc1. The molecule has 0 amide bonds. The Morgan fingerprint density at radius 3 is 1.88 bits per heavy atom. The predicted octanol–water partition coefficient (Wildman–Crippen LogP) is 2.81. The monoisotopic (exact) mass is 342 g/mol. The lowest BCUT2D eigenvalue weighted by Gasteiger charge is -2.13. The van der Waals surface area contributed by atoms with Crippen LogP contribution in [0.1, 0.15) is 11.1 Å². The van der Waals surface area contributed by atoms with E-state index in [1.165, 1.54) is 0 Å². The lowest BCUT2D eigenvalue weighted by atomic mass is 10.1. The van der Waals surface area contributed by atoms with E-state index in [-0.39, 0.29) is 6.61 Å². The quantitative estimate of drug-likeness (QED) is 0.482. The molecule has 24 heavy (non-hydrogen) atoms. The summed E-state index contributed by atoms with van der Waals surface area (Å²) in [5.41, 5.74) is 1.29. The van der Waals surface area contributed by atoms with Gasteiger partial charge in [-0.05, 0) is 11.1 Å². The first-order valence-electron chi connectivity index (χ1n) is 6.58. The molecule has 0 atom stereocenters. The molecule has 0 aliphatic carbocycles. The summed E-state index contributed by atoms with van der Waals surface area (Å²) in [6.45, 7) is 3.21. The van der Waals surface area contributed by atoms with E-state index in [9.17, 15) is 17.6 Å². The van der Waals surface area contributed by atoms with Crippen LogP contribution in [-0.2, 0) is 6.61 Å². The lowest BCUT2D eigenvalue weighted by Crippen LogP contribution is -2.23.